The topological polar surface area (TPSA) is 67.2 Å². The summed E-state index contributed by atoms with van der Waals surface area (Å²) in [7, 11) is 0. The third-order valence-corrected chi connectivity index (χ3v) is 4.35. The average Bonchev–Trinajstić information content (AvgIpc) is 3.27. The number of amides is 1. The van der Waals surface area contributed by atoms with Crippen molar-refractivity contribution in [2.24, 2.45) is 0 Å². The van der Waals surface area contributed by atoms with Crippen molar-refractivity contribution in [3.8, 4) is 0 Å². The Morgan fingerprint density at radius 3 is 2.82 bits per heavy atom. The van der Waals surface area contributed by atoms with Gasteiger partial charge in [0.1, 0.15) is 0 Å². The molecule has 114 valence electrons. The van der Waals surface area contributed by atoms with E-state index in [4.69, 9.17) is 0 Å². The van der Waals surface area contributed by atoms with Crippen molar-refractivity contribution >= 4 is 17.5 Å². The largest absolute Gasteiger partial charge is 0.339 e. The van der Waals surface area contributed by atoms with Crippen LogP contribution in [0.5, 0.6) is 0 Å². The van der Waals surface area contributed by atoms with Gasteiger partial charge in [0.05, 0.1) is 17.9 Å². The lowest BCUT2D eigenvalue weighted by Gasteiger charge is -2.16. The molecule has 0 N–H and O–H groups in total. The smallest absolute Gasteiger partial charge is 0.227 e. The van der Waals surface area contributed by atoms with Gasteiger partial charge in [-0.1, -0.05) is 0 Å². The maximum Gasteiger partial charge on any atom is 0.227 e. The minimum Gasteiger partial charge on any atom is -0.339 e. The van der Waals surface area contributed by atoms with Crippen LogP contribution in [0.4, 0.5) is 11.6 Å². The zero-order valence-corrected chi connectivity index (χ0v) is 12.3. The number of aromatic nitrogens is 4. The molecule has 22 heavy (non-hydrogen) atoms. The zero-order valence-electron chi connectivity index (χ0n) is 12.3. The molecule has 2 aromatic heterocycles. The fourth-order valence-corrected chi connectivity index (χ4v) is 3.18. The van der Waals surface area contributed by atoms with E-state index >= 15 is 0 Å². The van der Waals surface area contributed by atoms with Crippen molar-refractivity contribution in [2.45, 2.75) is 25.3 Å². The Kier molecular flexibility index (Phi) is 3.25. The second-order valence-electron chi connectivity index (χ2n) is 5.76. The van der Waals surface area contributed by atoms with Crippen LogP contribution in [0.15, 0.2) is 30.9 Å². The van der Waals surface area contributed by atoms with Crippen LogP contribution in [-0.4, -0.2) is 45.3 Å². The lowest BCUT2D eigenvalue weighted by atomic mass is 10.3. The molecule has 2 aliphatic rings. The lowest BCUT2D eigenvalue weighted by molar-refractivity contribution is -0.117. The first-order chi connectivity index (χ1) is 10.8. The fourth-order valence-electron chi connectivity index (χ4n) is 3.18. The van der Waals surface area contributed by atoms with Gasteiger partial charge in [-0.15, -0.1) is 0 Å². The minimum absolute atomic E-state index is 0.199. The number of carbonyl (C=O) groups excluding carboxylic acids is 1. The molecule has 7 nitrogen and oxygen atoms in total. The van der Waals surface area contributed by atoms with Gasteiger partial charge < -0.3 is 9.80 Å². The molecule has 0 aromatic carbocycles. The standard InChI is InChI=1S/C15H18N6O/c22-14-3-1-7-20(14)13-9-18-21(11-13)12-4-8-19(10-12)15-16-5-2-6-17-15/h2,5-6,9,11-12H,1,3-4,7-8,10H2. The van der Waals surface area contributed by atoms with Crippen molar-refractivity contribution in [3.05, 3.63) is 30.9 Å². The lowest BCUT2D eigenvalue weighted by Crippen LogP contribution is -2.24. The molecule has 0 aliphatic carbocycles. The number of hydrogen-bond donors (Lipinski definition) is 0. The quantitative estimate of drug-likeness (QED) is 0.853. The van der Waals surface area contributed by atoms with E-state index in [0.29, 0.717) is 12.5 Å². The minimum atomic E-state index is 0.199. The molecule has 0 bridgehead atoms. The third-order valence-electron chi connectivity index (χ3n) is 4.35. The summed E-state index contributed by atoms with van der Waals surface area (Å²) in [4.78, 5) is 24.4. The van der Waals surface area contributed by atoms with Crippen LogP contribution in [0.25, 0.3) is 0 Å². The molecule has 0 radical (unpaired) electrons. The maximum atomic E-state index is 11.8. The van der Waals surface area contributed by atoms with Gasteiger partial charge in [-0.05, 0) is 18.9 Å². The Morgan fingerprint density at radius 2 is 2.05 bits per heavy atom. The van der Waals surface area contributed by atoms with Gasteiger partial charge >= 0.3 is 0 Å². The summed E-state index contributed by atoms with van der Waals surface area (Å²) in [5.41, 5.74) is 0.914. The predicted octanol–water partition coefficient (Wildman–Crippen LogP) is 1.25. The summed E-state index contributed by atoms with van der Waals surface area (Å²) in [5.74, 6) is 0.970. The summed E-state index contributed by atoms with van der Waals surface area (Å²) in [6.07, 6.45) is 9.91. The van der Waals surface area contributed by atoms with Gasteiger partial charge in [-0.2, -0.15) is 5.10 Å². The number of nitrogens with zero attached hydrogens (tertiary/aromatic N) is 6. The molecule has 4 rings (SSSR count). The molecule has 1 amide bonds. The highest BCUT2D eigenvalue weighted by Gasteiger charge is 2.28. The first-order valence-corrected chi connectivity index (χ1v) is 7.68. The van der Waals surface area contributed by atoms with Gasteiger partial charge in [0.2, 0.25) is 11.9 Å². The van der Waals surface area contributed by atoms with E-state index in [2.05, 4.69) is 20.0 Å². The molecule has 1 unspecified atom stereocenters. The molecule has 2 aromatic rings. The average molecular weight is 298 g/mol. The number of rotatable bonds is 3. The Hall–Kier alpha value is -2.44. The summed E-state index contributed by atoms with van der Waals surface area (Å²) >= 11 is 0. The Balaban J connectivity index is 1.47. The van der Waals surface area contributed by atoms with Crippen LogP contribution in [0, 0.1) is 0 Å². The van der Waals surface area contributed by atoms with Gasteiger partial charge in [-0.25, -0.2) is 9.97 Å². The van der Waals surface area contributed by atoms with Crippen molar-refractivity contribution in [2.75, 3.05) is 29.4 Å². The number of anilines is 2. The predicted molar refractivity (Wildman–Crippen MR) is 81.7 cm³/mol. The second kappa shape index (κ2) is 5.40. The number of carbonyl (C=O) groups is 1. The first-order valence-electron chi connectivity index (χ1n) is 7.68. The van der Waals surface area contributed by atoms with Crippen molar-refractivity contribution in [3.63, 3.8) is 0 Å². The third kappa shape index (κ3) is 2.32. The van der Waals surface area contributed by atoms with E-state index in [1.165, 1.54) is 0 Å². The molecular weight excluding hydrogens is 280 g/mol. The normalized spacial score (nSPS) is 21.8. The molecule has 2 fully saturated rings. The van der Waals surface area contributed by atoms with Crippen LogP contribution in [0.1, 0.15) is 25.3 Å². The molecule has 0 spiro atoms. The SMILES string of the molecule is O=C1CCCN1c1cnn(C2CCN(c3ncccn3)C2)c1. The van der Waals surface area contributed by atoms with Crippen LogP contribution in [0.2, 0.25) is 0 Å². The van der Waals surface area contributed by atoms with Crippen molar-refractivity contribution in [1.82, 2.24) is 19.7 Å². The highest BCUT2D eigenvalue weighted by Crippen LogP contribution is 2.27. The molecule has 2 aliphatic heterocycles. The van der Waals surface area contributed by atoms with Crippen LogP contribution in [0.3, 0.4) is 0 Å². The van der Waals surface area contributed by atoms with Crippen LogP contribution in [-0.2, 0) is 4.79 Å². The van der Waals surface area contributed by atoms with Gasteiger partial charge in [0.15, 0.2) is 0 Å². The summed E-state index contributed by atoms with van der Waals surface area (Å²) in [6.45, 7) is 2.57. The Bertz CT molecular complexity index is 670. The molecule has 2 saturated heterocycles. The van der Waals surface area contributed by atoms with E-state index in [1.807, 2.05) is 21.8 Å². The van der Waals surface area contributed by atoms with E-state index in [-0.39, 0.29) is 5.91 Å². The first kappa shape index (κ1) is 13.2. The van der Waals surface area contributed by atoms with Gasteiger partial charge in [0.25, 0.3) is 0 Å². The van der Waals surface area contributed by atoms with E-state index in [1.54, 1.807) is 18.6 Å². The molecule has 7 heteroatoms. The van der Waals surface area contributed by atoms with Crippen LogP contribution < -0.4 is 9.80 Å². The molecule has 1 atom stereocenters. The van der Waals surface area contributed by atoms with Crippen LogP contribution >= 0.6 is 0 Å². The maximum absolute atomic E-state index is 11.8. The molecular formula is C15H18N6O. The van der Waals surface area contributed by atoms with Gasteiger partial charge in [-0.3, -0.25) is 9.48 Å². The van der Waals surface area contributed by atoms with E-state index in [0.717, 1.165) is 44.1 Å². The summed E-state index contributed by atoms with van der Waals surface area (Å²) in [5, 5.41) is 4.46. The van der Waals surface area contributed by atoms with Gasteiger partial charge in [0, 0.05) is 44.6 Å². The van der Waals surface area contributed by atoms with Crippen molar-refractivity contribution in [1.29, 1.82) is 0 Å². The summed E-state index contributed by atoms with van der Waals surface area (Å²) < 4.78 is 1.98. The molecule has 4 heterocycles. The summed E-state index contributed by atoms with van der Waals surface area (Å²) in [6, 6.07) is 2.12. The highest BCUT2D eigenvalue weighted by molar-refractivity contribution is 5.95. The highest BCUT2D eigenvalue weighted by atomic mass is 16.2. The monoisotopic (exact) mass is 298 g/mol. The van der Waals surface area contributed by atoms with Crippen molar-refractivity contribution < 1.29 is 4.79 Å². The number of hydrogen-bond acceptors (Lipinski definition) is 5. The van der Waals surface area contributed by atoms with E-state index < -0.39 is 0 Å². The Morgan fingerprint density at radius 1 is 1.18 bits per heavy atom. The second-order valence-corrected chi connectivity index (χ2v) is 5.76. The molecule has 0 saturated carbocycles. The van der Waals surface area contributed by atoms with E-state index in [9.17, 15) is 4.79 Å². The zero-order chi connectivity index (χ0) is 14.9. The fraction of sp³-hybridized carbons (Fsp3) is 0.467. The Labute approximate surface area is 128 Å².